The summed E-state index contributed by atoms with van der Waals surface area (Å²) in [5, 5.41) is 2.60. The van der Waals surface area contributed by atoms with Crippen LogP contribution in [-0.2, 0) is 0 Å². The molecule has 3 aromatic rings. The number of thiol groups is 3. The fraction of sp³-hybridized carbons (Fsp3) is 0.174. The number of rotatable bonds is 8. The molecule has 16 heteroatoms. The first-order chi connectivity index (χ1) is 18.3. The van der Waals surface area contributed by atoms with Crippen LogP contribution in [0.2, 0.25) is 0 Å². The van der Waals surface area contributed by atoms with E-state index in [1.165, 1.54) is 30.5 Å². The highest BCUT2D eigenvalue weighted by Crippen LogP contribution is 2.44. The lowest BCUT2D eigenvalue weighted by molar-refractivity contribution is -0.274. The minimum Gasteiger partial charge on any atom is -0.486 e. The third-order valence-corrected chi connectivity index (χ3v) is 5.05. The second-order valence-electron chi connectivity index (χ2n) is 7.67. The van der Waals surface area contributed by atoms with Gasteiger partial charge in [-0.2, -0.15) is 0 Å². The van der Waals surface area contributed by atoms with Gasteiger partial charge in [-0.25, -0.2) is 0 Å². The van der Waals surface area contributed by atoms with Gasteiger partial charge in [0.25, 0.3) is 11.8 Å². The summed E-state index contributed by atoms with van der Waals surface area (Å²) in [6, 6.07) is 8.42. The summed E-state index contributed by atoms with van der Waals surface area (Å²) in [5.74, 6) is -2.14. The van der Waals surface area contributed by atoms with Gasteiger partial charge in [0.05, 0.1) is 5.56 Å². The molecule has 0 atom stereocenters. The standard InChI is InChI=1S/C23H18F3N3O7S3/c24-22(25,26)35-12-1-2-15(19(8-12)36-23(37,38)39)34-16-10-18-17(32-5-6-33-18)9-13(16)21(31)29-11-3-4-28-14(7-11)20(27)30/h1-4,7-10,37-39H,5-6H2,(H2,27,30)(H,28,29,31). The lowest BCUT2D eigenvalue weighted by Crippen LogP contribution is -2.19. The minimum absolute atomic E-state index is 0.0628. The Balaban J connectivity index is 1.73. The van der Waals surface area contributed by atoms with Crippen LogP contribution >= 0.6 is 37.9 Å². The molecule has 2 aromatic carbocycles. The highest BCUT2D eigenvalue weighted by Gasteiger charge is 2.32. The normalized spacial score (nSPS) is 12.9. The molecular weight excluding hydrogens is 583 g/mol. The predicted octanol–water partition coefficient (Wildman–Crippen LogP) is 4.67. The maximum Gasteiger partial charge on any atom is 0.573 e. The zero-order valence-corrected chi connectivity index (χ0v) is 22.1. The fourth-order valence-electron chi connectivity index (χ4n) is 3.29. The molecule has 2 heterocycles. The number of benzene rings is 2. The highest BCUT2D eigenvalue weighted by atomic mass is 32.2. The molecule has 0 saturated heterocycles. The number of pyridine rings is 1. The van der Waals surface area contributed by atoms with Crippen molar-refractivity contribution in [2.24, 2.45) is 5.73 Å². The minimum atomic E-state index is -4.97. The number of amides is 2. The number of nitrogens with one attached hydrogen (secondary N) is 1. The first-order valence-electron chi connectivity index (χ1n) is 10.7. The molecular formula is C23H18F3N3O7S3. The molecule has 1 aliphatic rings. The molecule has 1 aromatic heterocycles. The number of nitrogens with two attached hydrogens (primary N) is 1. The van der Waals surface area contributed by atoms with Crippen LogP contribution in [0.15, 0.2) is 48.7 Å². The van der Waals surface area contributed by atoms with Gasteiger partial charge in [0, 0.05) is 30.1 Å². The molecule has 4 rings (SSSR count). The van der Waals surface area contributed by atoms with Crippen molar-refractivity contribution in [3.63, 3.8) is 0 Å². The van der Waals surface area contributed by atoms with E-state index in [0.29, 0.717) is 0 Å². The maximum absolute atomic E-state index is 13.3. The van der Waals surface area contributed by atoms with Gasteiger partial charge in [-0.3, -0.25) is 14.6 Å². The lowest BCUT2D eigenvalue weighted by atomic mass is 10.1. The fourth-order valence-corrected chi connectivity index (χ4v) is 3.58. The largest absolute Gasteiger partial charge is 0.573 e. The molecule has 3 N–H and O–H groups in total. The van der Waals surface area contributed by atoms with Crippen LogP contribution in [0.5, 0.6) is 34.5 Å². The number of fused-ring (bicyclic) bond motifs is 1. The summed E-state index contributed by atoms with van der Waals surface area (Å²) in [6.07, 6.45) is -3.69. The summed E-state index contributed by atoms with van der Waals surface area (Å²) < 4.78 is 63.0. The van der Waals surface area contributed by atoms with E-state index < -0.39 is 27.5 Å². The van der Waals surface area contributed by atoms with E-state index in [2.05, 4.69) is 52.9 Å². The molecule has 2 amide bonds. The van der Waals surface area contributed by atoms with E-state index in [1.54, 1.807) is 0 Å². The first-order valence-corrected chi connectivity index (χ1v) is 12.1. The predicted molar refractivity (Wildman–Crippen MR) is 142 cm³/mol. The van der Waals surface area contributed by atoms with Crippen LogP contribution in [0.3, 0.4) is 0 Å². The van der Waals surface area contributed by atoms with Gasteiger partial charge in [-0.05, 0) is 24.3 Å². The van der Waals surface area contributed by atoms with E-state index in [0.717, 1.165) is 18.2 Å². The SMILES string of the molecule is NC(=O)c1cc(NC(=O)c2cc3c(cc2Oc2ccc(OC(F)(F)F)cc2OC(S)(S)S)OCCO3)ccn1. The quantitative estimate of drug-likeness (QED) is 0.186. The number of aromatic nitrogens is 1. The Morgan fingerprint density at radius 2 is 1.62 bits per heavy atom. The summed E-state index contributed by atoms with van der Waals surface area (Å²) in [4.78, 5) is 28.6. The number of halogens is 3. The van der Waals surface area contributed by atoms with Crippen molar-refractivity contribution in [2.75, 3.05) is 18.5 Å². The number of hydrogen-bond donors (Lipinski definition) is 5. The van der Waals surface area contributed by atoms with E-state index in [4.69, 9.17) is 24.7 Å². The molecule has 0 spiro atoms. The van der Waals surface area contributed by atoms with Crippen molar-refractivity contribution < 1.29 is 46.4 Å². The van der Waals surface area contributed by atoms with Gasteiger partial charge in [0.15, 0.2) is 23.0 Å². The van der Waals surface area contributed by atoms with Gasteiger partial charge >= 0.3 is 6.36 Å². The Morgan fingerprint density at radius 1 is 0.923 bits per heavy atom. The van der Waals surface area contributed by atoms with Gasteiger partial charge in [0.1, 0.15) is 30.4 Å². The lowest BCUT2D eigenvalue weighted by Gasteiger charge is -2.23. The van der Waals surface area contributed by atoms with E-state index >= 15 is 0 Å². The Labute approximate surface area is 235 Å². The molecule has 206 valence electrons. The van der Waals surface area contributed by atoms with E-state index in [9.17, 15) is 22.8 Å². The molecule has 10 nitrogen and oxygen atoms in total. The van der Waals surface area contributed by atoms with Gasteiger partial charge in [-0.1, -0.05) is 0 Å². The monoisotopic (exact) mass is 601 g/mol. The van der Waals surface area contributed by atoms with Crippen LogP contribution < -0.4 is 34.7 Å². The zero-order valence-electron chi connectivity index (χ0n) is 19.4. The van der Waals surface area contributed by atoms with Crippen molar-refractivity contribution in [2.45, 2.75) is 9.96 Å². The van der Waals surface area contributed by atoms with Gasteiger partial charge < -0.3 is 34.7 Å². The highest BCUT2D eigenvalue weighted by molar-refractivity contribution is 8.16. The number of ether oxygens (including phenoxy) is 5. The van der Waals surface area contributed by atoms with Crippen LogP contribution in [0.4, 0.5) is 18.9 Å². The number of anilines is 1. The van der Waals surface area contributed by atoms with Crippen molar-refractivity contribution in [1.29, 1.82) is 0 Å². The smallest absolute Gasteiger partial charge is 0.486 e. The van der Waals surface area contributed by atoms with Gasteiger partial charge in [-0.15, -0.1) is 51.1 Å². The van der Waals surface area contributed by atoms with Crippen LogP contribution in [-0.4, -0.2) is 40.0 Å². The Hall–Kier alpha value is -3.63. The summed E-state index contributed by atoms with van der Waals surface area (Å²) in [6.45, 7) is 0.456. The van der Waals surface area contributed by atoms with Crippen molar-refractivity contribution in [1.82, 2.24) is 4.98 Å². The number of primary amides is 1. The molecule has 0 bridgehead atoms. The average molecular weight is 602 g/mol. The summed E-state index contributed by atoms with van der Waals surface area (Å²) in [5.41, 5.74) is 5.31. The molecule has 0 fully saturated rings. The molecule has 39 heavy (non-hydrogen) atoms. The average Bonchev–Trinajstić information content (AvgIpc) is 2.83. The van der Waals surface area contributed by atoms with Crippen molar-refractivity contribution in [3.05, 3.63) is 59.9 Å². The molecule has 0 saturated carbocycles. The Morgan fingerprint density at radius 3 is 2.26 bits per heavy atom. The van der Waals surface area contributed by atoms with Gasteiger partial charge in [0.2, 0.25) is 3.60 Å². The summed E-state index contributed by atoms with van der Waals surface area (Å²) in [7, 11) is 0. The Kier molecular flexibility index (Phi) is 8.17. The second-order valence-corrected chi connectivity index (χ2v) is 10.6. The van der Waals surface area contributed by atoms with Crippen LogP contribution in [0, 0.1) is 0 Å². The third kappa shape index (κ3) is 7.70. The number of carbonyl (C=O) groups is 2. The molecule has 0 unspecified atom stereocenters. The number of carbonyl (C=O) groups excluding carboxylic acids is 2. The molecule has 1 aliphatic heterocycles. The number of hydrogen-bond acceptors (Lipinski definition) is 11. The molecule has 0 aliphatic carbocycles. The Bertz CT molecular complexity index is 1420. The summed E-state index contributed by atoms with van der Waals surface area (Å²) >= 11 is 12.0. The van der Waals surface area contributed by atoms with E-state index in [-0.39, 0.29) is 58.9 Å². The number of alkyl halides is 3. The topological polar surface area (TPSA) is 131 Å². The van der Waals surface area contributed by atoms with Crippen molar-refractivity contribution >= 4 is 55.4 Å². The number of nitrogens with zero attached hydrogens (tertiary/aromatic N) is 1. The molecule has 0 radical (unpaired) electrons. The van der Waals surface area contributed by atoms with Crippen LogP contribution in [0.1, 0.15) is 20.8 Å². The maximum atomic E-state index is 13.3. The van der Waals surface area contributed by atoms with Crippen LogP contribution in [0.25, 0.3) is 0 Å². The zero-order chi connectivity index (χ0) is 28.4. The van der Waals surface area contributed by atoms with E-state index in [1.807, 2.05) is 0 Å². The third-order valence-electron chi connectivity index (χ3n) is 4.77. The first kappa shape index (κ1) is 28.4. The van der Waals surface area contributed by atoms with Crippen molar-refractivity contribution in [3.8, 4) is 34.5 Å². The second kappa shape index (κ2) is 11.2.